The summed E-state index contributed by atoms with van der Waals surface area (Å²) in [4.78, 5) is 11.4. The van der Waals surface area contributed by atoms with Gasteiger partial charge in [-0.25, -0.2) is 4.79 Å². The molecule has 0 aliphatic heterocycles. The highest BCUT2D eigenvalue weighted by molar-refractivity contribution is 5.94. The minimum absolute atomic E-state index is 0.103. The van der Waals surface area contributed by atoms with E-state index in [1.807, 2.05) is 0 Å². The van der Waals surface area contributed by atoms with Crippen molar-refractivity contribution in [2.45, 2.75) is 12.7 Å². The van der Waals surface area contributed by atoms with E-state index >= 15 is 0 Å². The molecule has 118 valence electrons. The number of aromatic nitrogens is 1. The van der Waals surface area contributed by atoms with E-state index in [-0.39, 0.29) is 12.2 Å². The second-order valence-corrected chi connectivity index (χ2v) is 5.17. The lowest BCUT2D eigenvalue weighted by atomic mass is 10.1. The molecule has 0 bridgehead atoms. The standard InChI is InChI=1S/C17H12F3NO2/c18-17(19,20)13-7-5-11(6-8-13)10-21-14-4-2-1-3-12(14)9-15(21)16(22)23/h1-9H,10H2,(H,22,23). The number of fused-ring (bicyclic) bond motifs is 1. The van der Waals surface area contributed by atoms with Crippen molar-refractivity contribution in [1.82, 2.24) is 4.57 Å². The molecule has 1 N–H and O–H groups in total. The van der Waals surface area contributed by atoms with Crippen molar-refractivity contribution in [1.29, 1.82) is 0 Å². The summed E-state index contributed by atoms with van der Waals surface area (Å²) >= 11 is 0. The van der Waals surface area contributed by atoms with Gasteiger partial charge in [0, 0.05) is 17.4 Å². The molecule has 0 saturated carbocycles. The fourth-order valence-electron chi connectivity index (χ4n) is 2.54. The Kier molecular flexibility index (Phi) is 3.60. The lowest BCUT2D eigenvalue weighted by Crippen LogP contribution is -2.10. The van der Waals surface area contributed by atoms with Crippen LogP contribution in [0.15, 0.2) is 54.6 Å². The largest absolute Gasteiger partial charge is 0.477 e. The third-order valence-corrected chi connectivity index (χ3v) is 3.65. The Morgan fingerprint density at radius 1 is 1.04 bits per heavy atom. The summed E-state index contributed by atoms with van der Waals surface area (Å²) in [6.07, 6.45) is -4.38. The van der Waals surface area contributed by atoms with Crippen molar-refractivity contribution in [3.63, 3.8) is 0 Å². The van der Waals surface area contributed by atoms with Crippen molar-refractivity contribution < 1.29 is 23.1 Å². The van der Waals surface area contributed by atoms with Crippen molar-refractivity contribution in [3.8, 4) is 0 Å². The minimum Gasteiger partial charge on any atom is -0.477 e. The Labute approximate surface area is 129 Å². The number of halogens is 3. The summed E-state index contributed by atoms with van der Waals surface area (Å²) in [5.74, 6) is -1.08. The smallest absolute Gasteiger partial charge is 0.416 e. The highest BCUT2D eigenvalue weighted by atomic mass is 19.4. The van der Waals surface area contributed by atoms with Crippen LogP contribution in [0.1, 0.15) is 21.6 Å². The zero-order valence-electron chi connectivity index (χ0n) is 11.8. The van der Waals surface area contributed by atoms with Crippen molar-refractivity contribution >= 4 is 16.9 Å². The van der Waals surface area contributed by atoms with E-state index in [1.54, 1.807) is 34.9 Å². The monoisotopic (exact) mass is 319 g/mol. The molecule has 0 atom stereocenters. The van der Waals surface area contributed by atoms with E-state index in [4.69, 9.17) is 0 Å². The summed E-state index contributed by atoms with van der Waals surface area (Å²) < 4.78 is 39.4. The first kappa shape index (κ1) is 15.1. The van der Waals surface area contributed by atoms with Crippen LogP contribution in [0.4, 0.5) is 13.2 Å². The molecule has 6 heteroatoms. The first-order chi connectivity index (χ1) is 10.9. The van der Waals surface area contributed by atoms with Crippen molar-refractivity contribution in [2.24, 2.45) is 0 Å². The number of benzene rings is 2. The van der Waals surface area contributed by atoms with Gasteiger partial charge in [0.2, 0.25) is 0 Å². The maximum atomic E-state index is 12.6. The maximum absolute atomic E-state index is 12.6. The number of rotatable bonds is 3. The Morgan fingerprint density at radius 3 is 2.30 bits per heavy atom. The van der Waals surface area contributed by atoms with E-state index < -0.39 is 17.7 Å². The lowest BCUT2D eigenvalue weighted by molar-refractivity contribution is -0.137. The second-order valence-electron chi connectivity index (χ2n) is 5.17. The molecule has 0 amide bonds. The predicted octanol–water partition coefficient (Wildman–Crippen LogP) is 4.41. The van der Waals surface area contributed by atoms with E-state index in [1.165, 1.54) is 12.1 Å². The third kappa shape index (κ3) is 2.92. The summed E-state index contributed by atoms with van der Waals surface area (Å²) in [6, 6.07) is 13.5. The highest BCUT2D eigenvalue weighted by Crippen LogP contribution is 2.29. The summed E-state index contributed by atoms with van der Waals surface area (Å²) in [6.45, 7) is 0.188. The van der Waals surface area contributed by atoms with E-state index in [2.05, 4.69) is 0 Å². The van der Waals surface area contributed by atoms with Gasteiger partial charge in [0.1, 0.15) is 5.69 Å². The van der Waals surface area contributed by atoms with Crippen LogP contribution < -0.4 is 0 Å². The molecule has 23 heavy (non-hydrogen) atoms. The minimum atomic E-state index is -4.38. The van der Waals surface area contributed by atoms with Gasteiger partial charge in [0.05, 0.1) is 5.56 Å². The van der Waals surface area contributed by atoms with E-state index in [0.717, 1.165) is 23.0 Å². The quantitative estimate of drug-likeness (QED) is 0.777. The van der Waals surface area contributed by atoms with Gasteiger partial charge in [-0.1, -0.05) is 30.3 Å². The Morgan fingerprint density at radius 2 is 1.70 bits per heavy atom. The van der Waals surface area contributed by atoms with Gasteiger partial charge in [-0.05, 0) is 29.8 Å². The molecular formula is C17H12F3NO2. The summed E-state index contributed by atoms with van der Waals surface area (Å²) in [5.41, 5.74) is 0.704. The fourth-order valence-corrected chi connectivity index (χ4v) is 2.54. The molecule has 0 radical (unpaired) electrons. The van der Waals surface area contributed by atoms with Gasteiger partial charge in [0.25, 0.3) is 0 Å². The van der Waals surface area contributed by atoms with E-state index in [0.29, 0.717) is 5.56 Å². The Balaban J connectivity index is 2.01. The number of carboxylic acid groups (broad SMARTS) is 1. The molecule has 0 spiro atoms. The third-order valence-electron chi connectivity index (χ3n) is 3.65. The first-order valence-corrected chi connectivity index (χ1v) is 6.84. The predicted molar refractivity (Wildman–Crippen MR) is 79.4 cm³/mol. The van der Waals surface area contributed by atoms with Crippen LogP contribution in [-0.2, 0) is 12.7 Å². The number of para-hydroxylation sites is 1. The second kappa shape index (κ2) is 5.46. The average molecular weight is 319 g/mol. The number of nitrogens with zero attached hydrogens (tertiary/aromatic N) is 1. The molecule has 1 aromatic heterocycles. The van der Waals surface area contributed by atoms with Crippen molar-refractivity contribution in [3.05, 3.63) is 71.4 Å². The van der Waals surface area contributed by atoms with Gasteiger partial charge in [0.15, 0.2) is 0 Å². The summed E-state index contributed by atoms with van der Waals surface area (Å²) in [7, 11) is 0. The summed E-state index contributed by atoms with van der Waals surface area (Å²) in [5, 5.41) is 10.1. The molecule has 0 saturated heterocycles. The fraction of sp³-hybridized carbons (Fsp3) is 0.118. The van der Waals surface area contributed by atoms with Crippen LogP contribution in [0, 0.1) is 0 Å². The number of hydrogen-bond donors (Lipinski definition) is 1. The first-order valence-electron chi connectivity index (χ1n) is 6.84. The molecule has 3 nitrogen and oxygen atoms in total. The van der Waals surface area contributed by atoms with Crippen LogP contribution in [0.25, 0.3) is 10.9 Å². The molecular weight excluding hydrogens is 307 g/mol. The number of aromatic carboxylic acids is 1. The molecule has 0 aliphatic carbocycles. The molecule has 3 aromatic rings. The molecule has 0 aliphatic rings. The maximum Gasteiger partial charge on any atom is 0.416 e. The molecule has 3 rings (SSSR count). The average Bonchev–Trinajstić information content (AvgIpc) is 2.86. The van der Waals surface area contributed by atoms with Gasteiger partial charge < -0.3 is 9.67 Å². The Bertz CT molecular complexity index is 864. The van der Waals surface area contributed by atoms with E-state index in [9.17, 15) is 23.1 Å². The van der Waals surface area contributed by atoms with Gasteiger partial charge >= 0.3 is 12.1 Å². The van der Waals surface area contributed by atoms with Crippen LogP contribution >= 0.6 is 0 Å². The van der Waals surface area contributed by atoms with Gasteiger partial charge in [-0.15, -0.1) is 0 Å². The number of carboxylic acids is 1. The van der Waals surface area contributed by atoms with Crippen LogP contribution in [0.2, 0.25) is 0 Å². The molecule has 0 unspecified atom stereocenters. The number of carbonyl (C=O) groups is 1. The van der Waals surface area contributed by atoms with Gasteiger partial charge in [-0.3, -0.25) is 0 Å². The van der Waals surface area contributed by atoms with Crippen molar-refractivity contribution in [2.75, 3.05) is 0 Å². The molecule has 0 fully saturated rings. The van der Waals surface area contributed by atoms with Crippen LogP contribution in [-0.4, -0.2) is 15.6 Å². The normalized spacial score (nSPS) is 11.8. The molecule has 1 heterocycles. The van der Waals surface area contributed by atoms with Gasteiger partial charge in [-0.2, -0.15) is 13.2 Å². The Hall–Kier alpha value is -2.76. The lowest BCUT2D eigenvalue weighted by Gasteiger charge is -2.10. The van der Waals surface area contributed by atoms with Crippen LogP contribution in [0.3, 0.4) is 0 Å². The van der Waals surface area contributed by atoms with Crippen LogP contribution in [0.5, 0.6) is 0 Å². The molecule has 2 aromatic carbocycles. The number of hydrogen-bond acceptors (Lipinski definition) is 1. The zero-order chi connectivity index (χ0) is 16.6. The highest BCUT2D eigenvalue weighted by Gasteiger charge is 2.30. The number of alkyl halides is 3. The SMILES string of the molecule is O=C(O)c1cc2ccccc2n1Cc1ccc(C(F)(F)F)cc1. The topological polar surface area (TPSA) is 42.2 Å². The zero-order valence-corrected chi connectivity index (χ0v) is 11.8.